The van der Waals surface area contributed by atoms with Crippen molar-refractivity contribution in [3.8, 4) is 0 Å². The third-order valence-corrected chi connectivity index (χ3v) is 3.43. The molecule has 1 aliphatic carbocycles. The summed E-state index contributed by atoms with van der Waals surface area (Å²) < 4.78 is 37.7. The van der Waals surface area contributed by atoms with Crippen molar-refractivity contribution in [3.05, 3.63) is 29.8 Å². The maximum Gasteiger partial charge on any atom is 0.405 e. The monoisotopic (exact) mass is 272 g/mol. The van der Waals surface area contributed by atoms with Gasteiger partial charge in [0.2, 0.25) is 0 Å². The molecule has 106 valence electrons. The van der Waals surface area contributed by atoms with Crippen LogP contribution >= 0.6 is 0 Å². The van der Waals surface area contributed by atoms with E-state index in [-0.39, 0.29) is 12.1 Å². The van der Waals surface area contributed by atoms with Crippen molar-refractivity contribution in [1.29, 1.82) is 0 Å². The van der Waals surface area contributed by atoms with Crippen LogP contribution in [0.2, 0.25) is 0 Å². The Hall–Kier alpha value is -1.23. The zero-order chi connectivity index (χ0) is 14.0. The smallest absolute Gasteiger partial charge is 0.360 e. The first-order chi connectivity index (χ1) is 8.90. The molecule has 5 heteroatoms. The van der Waals surface area contributed by atoms with Gasteiger partial charge in [-0.1, -0.05) is 19.1 Å². The Bertz CT molecular complexity index is 410. The standard InChI is InChI=1S/C14H19F3N2/c1-2-13(18)10-3-5-11(6-4-10)19(12-7-8-12)9-14(15,16)17/h3-6,12-13H,2,7-9,18H2,1H3. The van der Waals surface area contributed by atoms with Crippen molar-refractivity contribution >= 4 is 5.69 Å². The molecule has 1 atom stereocenters. The summed E-state index contributed by atoms with van der Waals surface area (Å²) in [5, 5.41) is 0. The Morgan fingerprint density at radius 1 is 1.26 bits per heavy atom. The van der Waals surface area contributed by atoms with E-state index in [0.717, 1.165) is 24.8 Å². The third kappa shape index (κ3) is 3.86. The van der Waals surface area contributed by atoms with Crippen LogP contribution < -0.4 is 10.6 Å². The Balaban J connectivity index is 2.13. The number of benzene rings is 1. The first-order valence-corrected chi connectivity index (χ1v) is 6.59. The van der Waals surface area contributed by atoms with Crippen LogP contribution in [0, 0.1) is 0 Å². The summed E-state index contributed by atoms with van der Waals surface area (Å²) in [7, 11) is 0. The van der Waals surface area contributed by atoms with Crippen molar-refractivity contribution < 1.29 is 13.2 Å². The molecular formula is C14H19F3N2. The lowest BCUT2D eigenvalue weighted by Gasteiger charge is -2.26. The Labute approximate surface area is 111 Å². The van der Waals surface area contributed by atoms with E-state index >= 15 is 0 Å². The SMILES string of the molecule is CCC(N)c1ccc(N(CC(F)(F)F)C2CC2)cc1. The second-order valence-corrected chi connectivity index (χ2v) is 5.08. The van der Waals surface area contributed by atoms with Gasteiger partial charge in [-0.2, -0.15) is 13.2 Å². The highest BCUT2D eigenvalue weighted by atomic mass is 19.4. The Morgan fingerprint density at radius 2 is 1.84 bits per heavy atom. The van der Waals surface area contributed by atoms with E-state index in [1.165, 1.54) is 4.90 Å². The van der Waals surface area contributed by atoms with Crippen LogP contribution in [0.15, 0.2) is 24.3 Å². The molecule has 0 heterocycles. The quantitative estimate of drug-likeness (QED) is 0.887. The largest absolute Gasteiger partial charge is 0.405 e. The minimum atomic E-state index is -4.17. The fraction of sp³-hybridized carbons (Fsp3) is 0.571. The molecule has 1 fully saturated rings. The lowest BCUT2D eigenvalue weighted by molar-refractivity contribution is -0.120. The molecule has 1 unspecified atom stereocenters. The van der Waals surface area contributed by atoms with E-state index in [4.69, 9.17) is 5.73 Å². The molecule has 2 rings (SSSR count). The van der Waals surface area contributed by atoms with Gasteiger partial charge in [-0.05, 0) is 37.0 Å². The van der Waals surface area contributed by atoms with Crippen LogP contribution in [0.1, 0.15) is 37.8 Å². The maximum absolute atomic E-state index is 12.6. The molecule has 2 N–H and O–H groups in total. The molecule has 1 aliphatic rings. The van der Waals surface area contributed by atoms with Crippen LogP contribution in [0.4, 0.5) is 18.9 Å². The number of nitrogens with zero attached hydrogens (tertiary/aromatic N) is 1. The van der Waals surface area contributed by atoms with Gasteiger partial charge in [0.1, 0.15) is 6.54 Å². The number of hydrogen-bond acceptors (Lipinski definition) is 2. The van der Waals surface area contributed by atoms with Gasteiger partial charge in [0.15, 0.2) is 0 Å². The van der Waals surface area contributed by atoms with E-state index in [9.17, 15) is 13.2 Å². The summed E-state index contributed by atoms with van der Waals surface area (Å²) in [4.78, 5) is 1.45. The lowest BCUT2D eigenvalue weighted by Crippen LogP contribution is -2.35. The minimum absolute atomic E-state index is 0.0346. The normalized spacial score (nSPS) is 17.3. The van der Waals surface area contributed by atoms with Crippen LogP contribution in [0.5, 0.6) is 0 Å². The summed E-state index contributed by atoms with van der Waals surface area (Å²) in [5.41, 5.74) is 7.50. The summed E-state index contributed by atoms with van der Waals surface area (Å²) in [6.07, 6.45) is -1.67. The van der Waals surface area contributed by atoms with E-state index in [0.29, 0.717) is 5.69 Å². The molecule has 0 amide bonds. The molecular weight excluding hydrogens is 253 g/mol. The first-order valence-electron chi connectivity index (χ1n) is 6.59. The third-order valence-electron chi connectivity index (χ3n) is 3.43. The average molecular weight is 272 g/mol. The highest BCUT2D eigenvalue weighted by Gasteiger charge is 2.38. The van der Waals surface area contributed by atoms with Crippen LogP contribution in [-0.4, -0.2) is 18.8 Å². The molecule has 1 aromatic carbocycles. The van der Waals surface area contributed by atoms with Gasteiger partial charge in [0.25, 0.3) is 0 Å². The molecule has 0 aromatic heterocycles. The van der Waals surface area contributed by atoms with Crippen molar-refractivity contribution in [2.45, 2.75) is 44.4 Å². The van der Waals surface area contributed by atoms with Crippen molar-refractivity contribution in [2.75, 3.05) is 11.4 Å². The van der Waals surface area contributed by atoms with Crippen molar-refractivity contribution in [2.24, 2.45) is 5.73 Å². The van der Waals surface area contributed by atoms with Crippen LogP contribution in [-0.2, 0) is 0 Å². The van der Waals surface area contributed by atoms with E-state index in [2.05, 4.69) is 0 Å². The van der Waals surface area contributed by atoms with Gasteiger partial charge >= 0.3 is 6.18 Å². The zero-order valence-electron chi connectivity index (χ0n) is 11.0. The maximum atomic E-state index is 12.6. The van der Waals surface area contributed by atoms with Crippen LogP contribution in [0.25, 0.3) is 0 Å². The van der Waals surface area contributed by atoms with Crippen LogP contribution in [0.3, 0.4) is 0 Å². The number of alkyl halides is 3. The topological polar surface area (TPSA) is 29.3 Å². The van der Waals surface area contributed by atoms with Crippen molar-refractivity contribution in [1.82, 2.24) is 0 Å². The Morgan fingerprint density at radius 3 is 2.26 bits per heavy atom. The van der Waals surface area contributed by atoms with Gasteiger partial charge in [-0.25, -0.2) is 0 Å². The lowest BCUT2D eigenvalue weighted by atomic mass is 10.1. The average Bonchev–Trinajstić information content (AvgIpc) is 3.18. The fourth-order valence-corrected chi connectivity index (χ4v) is 2.16. The molecule has 0 bridgehead atoms. The predicted molar refractivity (Wildman–Crippen MR) is 70.1 cm³/mol. The highest BCUT2D eigenvalue weighted by Crippen LogP contribution is 2.34. The summed E-state index contributed by atoms with van der Waals surface area (Å²) in [5.74, 6) is 0. The number of hydrogen-bond donors (Lipinski definition) is 1. The summed E-state index contributed by atoms with van der Waals surface area (Å²) in [6.45, 7) is 1.11. The summed E-state index contributed by atoms with van der Waals surface area (Å²) >= 11 is 0. The van der Waals surface area contributed by atoms with E-state index < -0.39 is 12.7 Å². The molecule has 1 aromatic rings. The molecule has 2 nitrogen and oxygen atoms in total. The van der Waals surface area contributed by atoms with E-state index in [1.54, 1.807) is 12.1 Å². The van der Waals surface area contributed by atoms with Gasteiger partial charge in [-0.15, -0.1) is 0 Å². The predicted octanol–water partition coefficient (Wildman–Crippen LogP) is 3.63. The zero-order valence-corrected chi connectivity index (χ0v) is 11.0. The first kappa shape index (κ1) is 14.2. The number of rotatable bonds is 5. The van der Waals surface area contributed by atoms with Gasteiger partial charge < -0.3 is 10.6 Å². The summed E-state index contributed by atoms with van der Waals surface area (Å²) in [6, 6.07) is 7.13. The Kier molecular flexibility index (Phi) is 4.04. The molecule has 19 heavy (non-hydrogen) atoms. The van der Waals surface area contributed by atoms with Gasteiger partial charge in [0.05, 0.1) is 0 Å². The molecule has 1 saturated carbocycles. The van der Waals surface area contributed by atoms with E-state index in [1.807, 2.05) is 19.1 Å². The van der Waals surface area contributed by atoms with Crippen molar-refractivity contribution in [3.63, 3.8) is 0 Å². The second kappa shape index (κ2) is 5.41. The fourth-order valence-electron chi connectivity index (χ4n) is 2.16. The molecule has 0 aliphatic heterocycles. The molecule has 0 spiro atoms. The molecule has 0 radical (unpaired) electrons. The second-order valence-electron chi connectivity index (χ2n) is 5.08. The van der Waals surface area contributed by atoms with Gasteiger partial charge in [0, 0.05) is 17.8 Å². The number of anilines is 1. The minimum Gasteiger partial charge on any atom is -0.360 e. The number of halogens is 3. The van der Waals surface area contributed by atoms with Gasteiger partial charge in [-0.3, -0.25) is 0 Å². The highest BCUT2D eigenvalue weighted by molar-refractivity contribution is 5.50. The molecule has 0 saturated heterocycles. The number of nitrogens with two attached hydrogens (primary N) is 1.